The summed E-state index contributed by atoms with van der Waals surface area (Å²) >= 11 is 1.15. The molecule has 0 saturated carbocycles. The minimum absolute atomic E-state index is 0.162. The maximum Gasteiger partial charge on any atom is 0.309 e. The molecule has 1 N–H and O–H groups in total. The lowest BCUT2D eigenvalue weighted by atomic mass is 10.1. The molecule has 23 heavy (non-hydrogen) atoms. The largest absolute Gasteiger partial charge is 0.469 e. The van der Waals surface area contributed by atoms with Gasteiger partial charge in [0.15, 0.2) is 10.8 Å². The number of carbonyl (C=O) groups is 3. The fraction of sp³-hybridized carbons (Fsp3) is 0.250. The van der Waals surface area contributed by atoms with Crippen LogP contribution < -0.4 is 5.32 Å². The highest BCUT2D eigenvalue weighted by Gasteiger charge is 2.12. The number of Topliss-reactive ketones (excluding diaryl/α,β-unsaturated/α-hetero) is 1. The van der Waals surface area contributed by atoms with Gasteiger partial charge in [0.1, 0.15) is 5.69 Å². The van der Waals surface area contributed by atoms with Crippen molar-refractivity contribution in [1.29, 1.82) is 0 Å². The molecule has 1 aromatic carbocycles. The molecule has 0 aliphatic carbocycles. The van der Waals surface area contributed by atoms with E-state index in [2.05, 4.69) is 15.0 Å². The van der Waals surface area contributed by atoms with E-state index in [4.69, 9.17) is 0 Å². The Morgan fingerprint density at radius 1 is 1.26 bits per heavy atom. The Labute approximate surface area is 137 Å². The molecule has 0 aliphatic rings. The average molecular weight is 332 g/mol. The van der Waals surface area contributed by atoms with Crippen molar-refractivity contribution in [3.05, 3.63) is 51.5 Å². The minimum Gasteiger partial charge on any atom is -0.469 e. The summed E-state index contributed by atoms with van der Waals surface area (Å²) in [7, 11) is 1.34. The molecule has 2 rings (SSSR count). The van der Waals surface area contributed by atoms with Crippen LogP contribution in [0, 0.1) is 0 Å². The number of rotatable bonds is 6. The normalized spacial score (nSPS) is 10.2. The summed E-state index contributed by atoms with van der Waals surface area (Å²) in [5, 5.41) is 4.61. The fourth-order valence-corrected chi connectivity index (χ4v) is 2.60. The molecule has 7 heteroatoms. The molecule has 0 unspecified atom stereocenters. The van der Waals surface area contributed by atoms with Crippen LogP contribution in [0.1, 0.15) is 38.3 Å². The van der Waals surface area contributed by atoms with Gasteiger partial charge in [-0.25, -0.2) is 4.98 Å². The molecule has 0 fully saturated rings. The number of ketones is 1. The first-order valence-electron chi connectivity index (χ1n) is 6.89. The predicted octanol–water partition coefficient (Wildman–Crippen LogP) is 1.99. The van der Waals surface area contributed by atoms with E-state index in [1.54, 1.807) is 5.38 Å². The van der Waals surface area contributed by atoms with Crippen molar-refractivity contribution >= 4 is 29.0 Å². The molecule has 6 nitrogen and oxygen atoms in total. The van der Waals surface area contributed by atoms with Crippen LogP contribution in [-0.2, 0) is 22.5 Å². The SMILES string of the molecule is COC(=O)Cc1cccc(CNC(=O)c2csc(C(C)=O)n2)c1. The van der Waals surface area contributed by atoms with Crippen molar-refractivity contribution in [2.75, 3.05) is 7.11 Å². The van der Waals surface area contributed by atoms with Gasteiger partial charge in [-0.1, -0.05) is 24.3 Å². The van der Waals surface area contributed by atoms with Crippen LogP contribution in [0.15, 0.2) is 29.6 Å². The lowest BCUT2D eigenvalue weighted by Gasteiger charge is -2.06. The Morgan fingerprint density at radius 3 is 2.65 bits per heavy atom. The van der Waals surface area contributed by atoms with Crippen LogP contribution in [0.25, 0.3) is 0 Å². The zero-order valence-electron chi connectivity index (χ0n) is 12.8. The quantitative estimate of drug-likeness (QED) is 0.646. The molecule has 0 bridgehead atoms. The van der Waals surface area contributed by atoms with E-state index in [0.29, 0.717) is 11.6 Å². The van der Waals surface area contributed by atoms with Gasteiger partial charge in [0.25, 0.3) is 5.91 Å². The molecular weight excluding hydrogens is 316 g/mol. The number of hydrogen-bond acceptors (Lipinski definition) is 6. The molecule has 0 aliphatic heterocycles. The Morgan fingerprint density at radius 2 is 2.00 bits per heavy atom. The highest BCUT2D eigenvalue weighted by molar-refractivity contribution is 7.11. The van der Waals surface area contributed by atoms with Crippen LogP contribution in [0.5, 0.6) is 0 Å². The first-order chi connectivity index (χ1) is 11.0. The van der Waals surface area contributed by atoms with Crippen LogP contribution in [0.2, 0.25) is 0 Å². The first-order valence-corrected chi connectivity index (χ1v) is 7.77. The second-order valence-electron chi connectivity index (χ2n) is 4.85. The third-order valence-electron chi connectivity index (χ3n) is 3.06. The highest BCUT2D eigenvalue weighted by Crippen LogP contribution is 2.11. The standard InChI is InChI=1S/C16H16N2O4S/c1-10(19)16-18-13(9-23-16)15(21)17-8-12-5-3-4-11(6-12)7-14(20)22-2/h3-6,9H,7-8H2,1-2H3,(H,17,21). The second-order valence-corrected chi connectivity index (χ2v) is 5.71. The Balaban J connectivity index is 1.97. The molecule has 1 heterocycles. The van der Waals surface area contributed by atoms with E-state index >= 15 is 0 Å². The third-order valence-corrected chi connectivity index (χ3v) is 4.00. The van der Waals surface area contributed by atoms with Gasteiger partial charge < -0.3 is 10.1 Å². The molecule has 0 spiro atoms. The van der Waals surface area contributed by atoms with Crippen LogP contribution in [-0.4, -0.2) is 29.8 Å². The van der Waals surface area contributed by atoms with Crippen LogP contribution in [0.3, 0.4) is 0 Å². The van der Waals surface area contributed by atoms with Crippen molar-refractivity contribution in [1.82, 2.24) is 10.3 Å². The number of ether oxygens (including phenoxy) is 1. The summed E-state index contributed by atoms with van der Waals surface area (Å²) in [6.07, 6.45) is 0.187. The number of thiazole rings is 1. The lowest BCUT2D eigenvalue weighted by molar-refractivity contribution is -0.139. The number of benzene rings is 1. The molecular formula is C16H16N2O4S. The average Bonchev–Trinajstić information content (AvgIpc) is 3.03. The molecule has 120 valence electrons. The Kier molecular flexibility index (Phi) is 5.59. The molecule has 1 amide bonds. The van der Waals surface area contributed by atoms with E-state index in [1.165, 1.54) is 14.0 Å². The Hall–Kier alpha value is -2.54. The topological polar surface area (TPSA) is 85.4 Å². The third kappa shape index (κ3) is 4.72. The summed E-state index contributed by atoms with van der Waals surface area (Å²) in [4.78, 5) is 38.5. The van der Waals surface area contributed by atoms with Gasteiger partial charge in [0, 0.05) is 18.8 Å². The minimum atomic E-state index is -0.341. The number of methoxy groups -OCH3 is 1. The summed E-state index contributed by atoms with van der Waals surface area (Å²) in [6.45, 7) is 1.72. The highest BCUT2D eigenvalue weighted by atomic mass is 32.1. The second kappa shape index (κ2) is 7.64. The summed E-state index contributed by atoms with van der Waals surface area (Å²) < 4.78 is 4.63. The Bertz CT molecular complexity index is 739. The first kappa shape index (κ1) is 16.8. The number of esters is 1. The smallest absolute Gasteiger partial charge is 0.309 e. The molecule has 0 radical (unpaired) electrons. The van der Waals surface area contributed by atoms with E-state index < -0.39 is 0 Å². The number of nitrogens with one attached hydrogen (secondary N) is 1. The summed E-state index contributed by atoms with van der Waals surface area (Å²) in [5.74, 6) is -0.817. The van der Waals surface area contributed by atoms with Gasteiger partial charge in [-0.15, -0.1) is 11.3 Å². The zero-order chi connectivity index (χ0) is 16.8. The molecule has 0 atom stereocenters. The van der Waals surface area contributed by atoms with E-state index in [9.17, 15) is 14.4 Å². The van der Waals surface area contributed by atoms with Gasteiger partial charge in [0.2, 0.25) is 0 Å². The van der Waals surface area contributed by atoms with Gasteiger partial charge >= 0.3 is 5.97 Å². The van der Waals surface area contributed by atoms with Gasteiger partial charge in [0.05, 0.1) is 13.5 Å². The number of amides is 1. The van der Waals surface area contributed by atoms with Crippen molar-refractivity contribution < 1.29 is 19.1 Å². The zero-order valence-corrected chi connectivity index (χ0v) is 13.6. The van der Waals surface area contributed by atoms with Crippen molar-refractivity contribution in [3.63, 3.8) is 0 Å². The van der Waals surface area contributed by atoms with E-state index in [0.717, 1.165) is 22.5 Å². The number of carbonyl (C=O) groups excluding carboxylic acids is 3. The van der Waals surface area contributed by atoms with E-state index in [1.807, 2.05) is 24.3 Å². The molecule has 0 saturated heterocycles. The maximum absolute atomic E-state index is 12.0. The fourth-order valence-electron chi connectivity index (χ4n) is 1.90. The maximum atomic E-state index is 12.0. The van der Waals surface area contributed by atoms with Crippen LogP contribution in [0.4, 0.5) is 0 Å². The van der Waals surface area contributed by atoms with Gasteiger partial charge in [-0.05, 0) is 11.1 Å². The van der Waals surface area contributed by atoms with Crippen LogP contribution >= 0.6 is 11.3 Å². The van der Waals surface area contributed by atoms with Crippen molar-refractivity contribution in [2.24, 2.45) is 0 Å². The molecule has 1 aromatic heterocycles. The van der Waals surface area contributed by atoms with E-state index in [-0.39, 0.29) is 29.8 Å². The predicted molar refractivity (Wildman–Crippen MR) is 85.5 cm³/mol. The number of aromatic nitrogens is 1. The lowest BCUT2D eigenvalue weighted by Crippen LogP contribution is -2.23. The van der Waals surface area contributed by atoms with Crippen molar-refractivity contribution in [3.8, 4) is 0 Å². The molecule has 2 aromatic rings. The van der Waals surface area contributed by atoms with Gasteiger partial charge in [-0.2, -0.15) is 0 Å². The van der Waals surface area contributed by atoms with Gasteiger partial charge in [-0.3, -0.25) is 14.4 Å². The monoisotopic (exact) mass is 332 g/mol. The number of nitrogens with zero attached hydrogens (tertiary/aromatic N) is 1. The summed E-state index contributed by atoms with van der Waals surface area (Å²) in [6, 6.07) is 7.32. The van der Waals surface area contributed by atoms with Crippen molar-refractivity contribution in [2.45, 2.75) is 19.9 Å². The number of hydrogen-bond donors (Lipinski definition) is 1. The summed E-state index contributed by atoms with van der Waals surface area (Å²) in [5.41, 5.74) is 1.91.